The van der Waals surface area contributed by atoms with Crippen molar-refractivity contribution >= 4 is 28.2 Å². The highest BCUT2D eigenvalue weighted by molar-refractivity contribution is 5.91. The van der Waals surface area contributed by atoms with Crippen LogP contribution in [0.2, 0.25) is 0 Å². The summed E-state index contributed by atoms with van der Waals surface area (Å²) >= 11 is 0. The molecule has 126 valence electrons. The lowest BCUT2D eigenvalue weighted by molar-refractivity contribution is -0.384. The number of fused-ring (bicyclic) bond motifs is 1. The normalized spacial score (nSPS) is 10.4. The second-order valence-electron chi connectivity index (χ2n) is 5.31. The van der Waals surface area contributed by atoms with Gasteiger partial charge in [-0.1, -0.05) is 24.3 Å². The molecule has 0 bridgehead atoms. The molecule has 0 aliphatic carbocycles. The minimum Gasteiger partial charge on any atom is -0.456 e. The molecule has 0 aliphatic heterocycles. The van der Waals surface area contributed by atoms with Crippen molar-refractivity contribution in [3.63, 3.8) is 0 Å². The number of rotatable bonds is 5. The van der Waals surface area contributed by atoms with Gasteiger partial charge in [-0.3, -0.25) is 10.1 Å². The van der Waals surface area contributed by atoms with Gasteiger partial charge in [0, 0.05) is 18.5 Å². The van der Waals surface area contributed by atoms with E-state index in [0.29, 0.717) is 11.4 Å². The van der Waals surface area contributed by atoms with Crippen molar-refractivity contribution in [1.82, 2.24) is 4.98 Å². The molecule has 0 aliphatic rings. The molecule has 0 atom stereocenters. The molecule has 0 saturated heterocycles. The van der Waals surface area contributed by atoms with Gasteiger partial charge >= 0.3 is 5.97 Å². The molecule has 1 aromatic heterocycles. The zero-order chi connectivity index (χ0) is 17.8. The van der Waals surface area contributed by atoms with Crippen LogP contribution in [0.1, 0.15) is 16.1 Å². The number of para-hydroxylation sites is 1. The molecular weight excluding hydrogens is 322 g/mol. The SMILES string of the molecule is CNc1ccc(C(=O)OCc2ccc3ccccc3n2)cc1[N+](=O)[O-]. The minimum absolute atomic E-state index is 0.00869. The van der Waals surface area contributed by atoms with E-state index in [1.165, 1.54) is 18.2 Å². The van der Waals surface area contributed by atoms with Gasteiger partial charge in [0.2, 0.25) is 0 Å². The smallest absolute Gasteiger partial charge is 0.338 e. The Hall–Kier alpha value is -3.48. The summed E-state index contributed by atoms with van der Waals surface area (Å²) in [6.07, 6.45) is 0. The first kappa shape index (κ1) is 16.4. The van der Waals surface area contributed by atoms with E-state index in [1.807, 2.05) is 30.3 Å². The summed E-state index contributed by atoms with van der Waals surface area (Å²) in [5, 5.41) is 14.8. The van der Waals surface area contributed by atoms with E-state index < -0.39 is 10.9 Å². The van der Waals surface area contributed by atoms with Gasteiger partial charge in [0.25, 0.3) is 5.69 Å². The molecule has 3 aromatic rings. The Morgan fingerprint density at radius 2 is 2.00 bits per heavy atom. The number of hydrogen-bond acceptors (Lipinski definition) is 6. The first-order chi connectivity index (χ1) is 12.1. The summed E-state index contributed by atoms with van der Waals surface area (Å²) in [7, 11) is 1.58. The molecular formula is C18H15N3O4. The largest absolute Gasteiger partial charge is 0.456 e. The van der Waals surface area contributed by atoms with Gasteiger partial charge < -0.3 is 10.1 Å². The van der Waals surface area contributed by atoms with Crippen LogP contribution in [0.4, 0.5) is 11.4 Å². The fraction of sp³-hybridized carbons (Fsp3) is 0.111. The molecule has 7 nitrogen and oxygen atoms in total. The number of aromatic nitrogens is 1. The van der Waals surface area contributed by atoms with Gasteiger partial charge in [0.15, 0.2) is 0 Å². The Bertz CT molecular complexity index is 956. The Balaban J connectivity index is 1.75. The third-order valence-electron chi connectivity index (χ3n) is 3.71. The number of carbonyl (C=O) groups excluding carboxylic acids is 1. The van der Waals surface area contributed by atoms with Crippen LogP contribution in [0.3, 0.4) is 0 Å². The number of benzene rings is 2. The Kier molecular flexibility index (Phi) is 4.56. The fourth-order valence-electron chi connectivity index (χ4n) is 2.43. The number of ether oxygens (including phenoxy) is 1. The second-order valence-corrected chi connectivity index (χ2v) is 5.31. The first-order valence-electron chi connectivity index (χ1n) is 7.56. The highest BCUT2D eigenvalue weighted by Gasteiger charge is 2.17. The number of nitro benzene ring substituents is 1. The van der Waals surface area contributed by atoms with Gasteiger partial charge in [0.05, 0.1) is 21.7 Å². The number of anilines is 1. The van der Waals surface area contributed by atoms with Gasteiger partial charge in [-0.15, -0.1) is 0 Å². The molecule has 1 heterocycles. The van der Waals surface area contributed by atoms with Crippen LogP contribution in [0.15, 0.2) is 54.6 Å². The standard InChI is InChI=1S/C18H15N3O4/c1-19-16-9-7-13(10-17(16)21(23)24)18(22)25-11-14-8-6-12-4-2-3-5-15(12)20-14/h2-10,19H,11H2,1H3. The number of hydrogen-bond donors (Lipinski definition) is 1. The summed E-state index contributed by atoms with van der Waals surface area (Å²) in [6, 6.07) is 15.5. The molecule has 0 spiro atoms. The average Bonchev–Trinajstić information content (AvgIpc) is 2.65. The third kappa shape index (κ3) is 3.55. The quantitative estimate of drug-likeness (QED) is 0.435. The molecule has 0 amide bonds. The van der Waals surface area contributed by atoms with Crippen molar-refractivity contribution in [2.24, 2.45) is 0 Å². The predicted molar refractivity (Wildman–Crippen MR) is 93.5 cm³/mol. The van der Waals surface area contributed by atoms with Crippen molar-refractivity contribution in [3.8, 4) is 0 Å². The number of nitro groups is 1. The summed E-state index contributed by atoms with van der Waals surface area (Å²) in [6.45, 7) is -0.00869. The fourth-order valence-corrected chi connectivity index (χ4v) is 2.43. The van der Waals surface area contributed by atoms with Crippen LogP contribution in [0.25, 0.3) is 10.9 Å². The van der Waals surface area contributed by atoms with Gasteiger partial charge in [-0.05, 0) is 24.3 Å². The van der Waals surface area contributed by atoms with Crippen LogP contribution < -0.4 is 5.32 Å². The number of pyridine rings is 1. The molecule has 0 radical (unpaired) electrons. The monoisotopic (exact) mass is 337 g/mol. The third-order valence-corrected chi connectivity index (χ3v) is 3.71. The van der Waals surface area contributed by atoms with Crippen LogP contribution in [0.5, 0.6) is 0 Å². The van der Waals surface area contributed by atoms with E-state index in [2.05, 4.69) is 10.3 Å². The molecule has 1 N–H and O–H groups in total. The molecule has 0 unspecified atom stereocenters. The summed E-state index contributed by atoms with van der Waals surface area (Å²) in [4.78, 5) is 27.1. The minimum atomic E-state index is -0.638. The van der Waals surface area contributed by atoms with E-state index in [9.17, 15) is 14.9 Å². The zero-order valence-corrected chi connectivity index (χ0v) is 13.4. The summed E-state index contributed by atoms with van der Waals surface area (Å²) < 4.78 is 5.23. The highest BCUT2D eigenvalue weighted by atomic mass is 16.6. The van der Waals surface area contributed by atoms with Crippen LogP contribution in [-0.2, 0) is 11.3 Å². The number of nitrogens with zero attached hydrogens (tertiary/aromatic N) is 2. The molecule has 7 heteroatoms. The second kappa shape index (κ2) is 6.96. The molecule has 0 fully saturated rings. The summed E-state index contributed by atoms with van der Waals surface area (Å²) in [5.41, 5.74) is 1.68. The van der Waals surface area contributed by atoms with Gasteiger partial charge in [-0.25, -0.2) is 9.78 Å². The predicted octanol–water partition coefficient (Wildman–Crippen LogP) is 3.54. The number of esters is 1. The van der Waals surface area contributed by atoms with E-state index >= 15 is 0 Å². The lowest BCUT2D eigenvalue weighted by Crippen LogP contribution is -2.07. The van der Waals surface area contributed by atoms with E-state index in [1.54, 1.807) is 13.1 Å². The molecule has 25 heavy (non-hydrogen) atoms. The topological polar surface area (TPSA) is 94.4 Å². The zero-order valence-electron chi connectivity index (χ0n) is 13.4. The van der Waals surface area contributed by atoms with Crippen molar-refractivity contribution in [2.45, 2.75) is 6.61 Å². The Labute approximate surface area is 143 Å². The molecule has 2 aromatic carbocycles. The van der Waals surface area contributed by atoms with Crippen molar-refractivity contribution in [3.05, 3.63) is 76.0 Å². The maximum Gasteiger partial charge on any atom is 0.338 e. The van der Waals surface area contributed by atoms with Crippen molar-refractivity contribution in [2.75, 3.05) is 12.4 Å². The maximum absolute atomic E-state index is 12.2. The summed E-state index contributed by atoms with van der Waals surface area (Å²) in [5.74, 6) is -0.638. The Morgan fingerprint density at radius 1 is 1.20 bits per heavy atom. The van der Waals surface area contributed by atoms with Crippen molar-refractivity contribution in [1.29, 1.82) is 0 Å². The van der Waals surface area contributed by atoms with Crippen molar-refractivity contribution < 1.29 is 14.5 Å². The maximum atomic E-state index is 12.2. The van der Waals surface area contributed by atoms with E-state index in [0.717, 1.165) is 10.9 Å². The van der Waals surface area contributed by atoms with Crippen LogP contribution >= 0.6 is 0 Å². The average molecular weight is 337 g/mol. The van der Waals surface area contributed by atoms with E-state index in [-0.39, 0.29) is 17.9 Å². The first-order valence-corrected chi connectivity index (χ1v) is 7.56. The lowest BCUT2D eigenvalue weighted by Gasteiger charge is -2.07. The lowest BCUT2D eigenvalue weighted by atomic mass is 10.1. The number of carbonyl (C=O) groups is 1. The van der Waals surface area contributed by atoms with Crippen LogP contribution in [0, 0.1) is 10.1 Å². The Morgan fingerprint density at radius 3 is 2.76 bits per heavy atom. The number of nitrogens with one attached hydrogen (secondary N) is 1. The highest BCUT2D eigenvalue weighted by Crippen LogP contribution is 2.25. The molecule has 3 rings (SSSR count). The van der Waals surface area contributed by atoms with Gasteiger partial charge in [0.1, 0.15) is 12.3 Å². The van der Waals surface area contributed by atoms with Gasteiger partial charge in [-0.2, -0.15) is 0 Å². The van der Waals surface area contributed by atoms with E-state index in [4.69, 9.17) is 4.74 Å². The van der Waals surface area contributed by atoms with Crippen LogP contribution in [-0.4, -0.2) is 22.9 Å². The molecule has 0 saturated carbocycles.